The Kier molecular flexibility index (Phi) is 3.98. The van der Waals surface area contributed by atoms with Gasteiger partial charge in [-0.25, -0.2) is 4.98 Å². The first-order valence-corrected chi connectivity index (χ1v) is 6.38. The molecule has 0 spiro atoms. The molecule has 2 N–H and O–H groups in total. The Morgan fingerprint density at radius 3 is 2.82 bits per heavy atom. The average Bonchev–Trinajstić information content (AvgIpc) is 2.69. The van der Waals surface area contributed by atoms with Gasteiger partial charge in [-0.05, 0) is 11.6 Å². The maximum Gasteiger partial charge on any atom is 0.191 e. The minimum absolute atomic E-state index is 0.395. The fourth-order valence-electron chi connectivity index (χ4n) is 1.29. The van der Waals surface area contributed by atoms with Crippen molar-refractivity contribution in [3.05, 3.63) is 34.9 Å². The van der Waals surface area contributed by atoms with E-state index in [0.29, 0.717) is 11.7 Å². The number of pyridine rings is 1. The van der Waals surface area contributed by atoms with E-state index in [1.807, 2.05) is 17.7 Å². The number of halogens is 1. The van der Waals surface area contributed by atoms with E-state index in [1.54, 1.807) is 24.0 Å². The number of nitrogens with zero attached hydrogens (tertiary/aromatic N) is 4. The second kappa shape index (κ2) is 5.48. The lowest BCUT2D eigenvalue weighted by Crippen LogP contribution is -2.05. The van der Waals surface area contributed by atoms with Gasteiger partial charge in [0.15, 0.2) is 5.16 Å². The van der Waals surface area contributed by atoms with Gasteiger partial charge in [0.05, 0.1) is 6.54 Å². The van der Waals surface area contributed by atoms with Crippen LogP contribution >= 0.6 is 23.4 Å². The summed E-state index contributed by atoms with van der Waals surface area (Å²) in [4.78, 5) is 4.02. The first-order valence-electron chi connectivity index (χ1n) is 5.02. The van der Waals surface area contributed by atoms with Gasteiger partial charge in [-0.15, -0.1) is 10.2 Å². The molecule has 0 aliphatic carbocycles. The van der Waals surface area contributed by atoms with E-state index in [4.69, 9.17) is 17.3 Å². The lowest BCUT2D eigenvalue weighted by atomic mass is 10.3. The highest BCUT2D eigenvalue weighted by atomic mass is 35.5. The number of hydrogen-bond acceptors (Lipinski definition) is 5. The zero-order valence-corrected chi connectivity index (χ0v) is 10.9. The smallest absolute Gasteiger partial charge is 0.191 e. The molecule has 5 nitrogen and oxygen atoms in total. The highest BCUT2D eigenvalue weighted by Crippen LogP contribution is 2.21. The van der Waals surface area contributed by atoms with Crippen LogP contribution in [0.25, 0.3) is 0 Å². The van der Waals surface area contributed by atoms with Crippen molar-refractivity contribution < 1.29 is 0 Å². The van der Waals surface area contributed by atoms with Gasteiger partial charge in [0.25, 0.3) is 0 Å². The molecule has 90 valence electrons. The Bertz CT molecular complexity index is 496. The van der Waals surface area contributed by atoms with Crippen molar-refractivity contribution >= 4 is 23.4 Å². The molecule has 2 aromatic rings. The third kappa shape index (κ3) is 2.96. The Balaban J connectivity index is 2.02. The zero-order valence-electron chi connectivity index (χ0n) is 9.30. The van der Waals surface area contributed by atoms with E-state index >= 15 is 0 Å². The number of aromatic nitrogens is 4. The van der Waals surface area contributed by atoms with Crippen LogP contribution in [0.3, 0.4) is 0 Å². The minimum atomic E-state index is 0.395. The summed E-state index contributed by atoms with van der Waals surface area (Å²) in [7, 11) is 1.91. The summed E-state index contributed by atoms with van der Waals surface area (Å²) < 4.78 is 1.90. The molecule has 0 aliphatic rings. The number of hydrogen-bond donors (Lipinski definition) is 1. The average molecular weight is 270 g/mol. The number of thioether (sulfide) groups is 1. The van der Waals surface area contributed by atoms with Gasteiger partial charge in [-0.3, -0.25) is 0 Å². The number of nitrogens with two attached hydrogens (primary N) is 1. The Labute approximate surface area is 108 Å². The second-order valence-corrected chi connectivity index (χ2v) is 4.77. The predicted molar refractivity (Wildman–Crippen MR) is 67.7 cm³/mol. The quantitative estimate of drug-likeness (QED) is 0.675. The maximum absolute atomic E-state index is 5.72. The van der Waals surface area contributed by atoms with Crippen LogP contribution in [0.4, 0.5) is 0 Å². The molecule has 0 unspecified atom stereocenters. The Morgan fingerprint density at radius 1 is 1.41 bits per heavy atom. The van der Waals surface area contributed by atoms with Gasteiger partial charge >= 0.3 is 0 Å². The van der Waals surface area contributed by atoms with Crippen LogP contribution in [-0.2, 0) is 19.3 Å². The molecule has 0 radical (unpaired) electrons. The van der Waals surface area contributed by atoms with Crippen LogP contribution in [0.1, 0.15) is 11.4 Å². The fourth-order valence-corrected chi connectivity index (χ4v) is 2.26. The first kappa shape index (κ1) is 12.3. The molecule has 0 bridgehead atoms. The topological polar surface area (TPSA) is 69.6 Å². The predicted octanol–water partition coefficient (Wildman–Crippen LogP) is 1.61. The molecule has 2 aromatic heterocycles. The van der Waals surface area contributed by atoms with Crippen LogP contribution in [0.2, 0.25) is 5.15 Å². The van der Waals surface area contributed by atoms with Gasteiger partial charge < -0.3 is 10.3 Å². The summed E-state index contributed by atoms with van der Waals surface area (Å²) in [6.45, 7) is 0.395. The summed E-state index contributed by atoms with van der Waals surface area (Å²) in [6.07, 6.45) is 1.76. The molecule has 17 heavy (non-hydrogen) atoms. The standard InChI is InChI=1S/C10H12ClN5S/c1-16-9(4-12)14-15-10(16)17-6-7-2-3-8(11)13-5-7/h2-3,5H,4,6,12H2,1H3. The van der Waals surface area contributed by atoms with Crippen molar-refractivity contribution in [3.63, 3.8) is 0 Å². The van der Waals surface area contributed by atoms with Crippen molar-refractivity contribution in [2.24, 2.45) is 12.8 Å². The van der Waals surface area contributed by atoms with Gasteiger partial charge in [-0.1, -0.05) is 29.4 Å². The van der Waals surface area contributed by atoms with Crippen molar-refractivity contribution in [1.82, 2.24) is 19.7 Å². The molecule has 0 fully saturated rings. The summed E-state index contributed by atoms with van der Waals surface area (Å²) in [5.74, 6) is 1.56. The lowest BCUT2D eigenvalue weighted by Gasteiger charge is -2.02. The van der Waals surface area contributed by atoms with E-state index in [9.17, 15) is 0 Å². The van der Waals surface area contributed by atoms with Gasteiger partial charge in [0.1, 0.15) is 11.0 Å². The highest BCUT2D eigenvalue weighted by Gasteiger charge is 2.07. The maximum atomic E-state index is 5.72. The molecule has 0 saturated heterocycles. The Hall–Kier alpha value is -1.11. The van der Waals surface area contributed by atoms with Gasteiger partial charge in [-0.2, -0.15) is 0 Å². The monoisotopic (exact) mass is 269 g/mol. The highest BCUT2D eigenvalue weighted by molar-refractivity contribution is 7.98. The number of rotatable bonds is 4. The molecule has 0 aromatic carbocycles. The van der Waals surface area contributed by atoms with Crippen LogP contribution < -0.4 is 5.73 Å². The lowest BCUT2D eigenvalue weighted by molar-refractivity contribution is 0.734. The first-order chi connectivity index (χ1) is 8.20. The summed E-state index contributed by atoms with van der Waals surface area (Å²) >= 11 is 7.31. The molecule has 2 rings (SSSR count). The normalized spacial score (nSPS) is 10.8. The van der Waals surface area contributed by atoms with E-state index < -0.39 is 0 Å². The molecule has 2 heterocycles. The molecule has 0 atom stereocenters. The largest absolute Gasteiger partial charge is 0.324 e. The van der Waals surface area contributed by atoms with E-state index in [2.05, 4.69) is 15.2 Å². The Morgan fingerprint density at radius 2 is 2.24 bits per heavy atom. The summed E-state index contributed by atoms with van der Waals surface area (Å²) in [5, 5.41) is 9.41. The van der Waals surface area contributed by atoms with Crippen molar-refractivity contribution in [2.45, 2.75) is 17.5 Å². The van der Waals surface area contributed by atoms with E-state index in [-0.39, 0.29) is 0 Å². The molecule has 0 saturated carbocycles. The van der Waals surface area contributed by atoms with Gasteiger partial charge in [0, 0.05) is 19.0 Å². The molecular formula is C10H12ClN5S. The molecular weight excluding hydrogens is 258 g/mol. The second-order valence-electron chi connectivity index (χ2n) is 3.44. The summed E-state index contributed by atoms with van der Waals surface area (Å²) in [5.41, 5.74) is 6.62. The fraction of sp³-hybridized carbons (Fsp3) is 0.300. The SMILES string of the molecule is Cn1c(CN)nnc1SCc1ccc(Cl)nc1. The minimum Gasteiger partial charge on any atom is -0.324 e. The van der Waals surface area contributed by atoms with Crippen molar-refractivity contribution in [1.29, 1.82) is 0 Å². The van der Waals surface area contributed by atoms with Crippen LogP contribution in [0, 0.1) is 0 Å². The third-order valence-electron chi connectivity index (χ3n) is 2.26. The van der Waals surface area contributed by atoms with E-state index in [0.717, 1.165) is 22.3 Å². The van der Waals surface area contributed by atoms with Gasteiger partial charge in [0.2, 0.25) is 0 Å². The summed E-state index contributed by atoms with van der Waals surface area (Å²) in [6, 6.07) is 3.72. The molecule has 7 heteroatoms. The van der Waals surface area contributed by atoms with Crippen molar-refractivity contribution in [3.8, 4) is 0 Å². The van der Waals surface area contributed by atoms with Crippen LogP contribution in [0.5, 0.6) is 0 Å². The molecule has 0 amide bonds. The van der Waals surface area contributed by atoms with Crippen LogP contribution in [0.15, 0.2) is 23.5 Å². The molecule has 0 aliphatic heterocycles. The van der Waals surface area contributed by atoms with E-state index in [1.165, 1.54) is 0 Å². The zero-order chi connectivity index (χ0) is 12.3. The van der Waals surface area contributed by atoms with Crippen molar-refractivity contribution in [2.75, 3.05) is 0 Å². The third-order valence-corrected chi connectivity index (χ3v) is 3.58. The van der Waals surface area contributed by atoms with Crippen LogP contribution in [-0.4, -0.2) is 19.7 Å².